The molecule has 1 aromatic carbocycles. The van der Waals surface area contributed by atoms with E-state index in [4.69, 9.17) is 4.84 Å². The zero-order chi connectivity index (χ0) is 16.0. The Bertz CT molecular complexity index is 941. The maximum absolute atomic E-state index is 12.2. The van der Waals surface area contributed by atoms with Crippen LogP contribution in [0.3, 0.4) is 0 Å². The molecule has 0 aliphatic carbocycles. The van der Waals surface area contributed by atoms with Gasteiger partial charge in [-0.05, 0) is 30.3 Å². The van der Waals surface area contributed by atoms with Crippen molar-refractivity contribution < 1.29 is 19.2 Å². The fourth-order valence-electron chi connectivity index (χ4n) is 2.43. The van der Waals surface area contributed by atoms with E-state index < -0.39 is 17.8 Å². The molecule has 0 spiro atoms. The average molecular weight is 307 g/mol. The number of amides is 2. The Balaban J connectivity index is 1.62. The van der Waals surface area contributed by atoms with Crippen LogP contribution in [0.5, 0.6) is 0 Å². The Morgan fingerprint density at radius 3 is 2.39 bits per heavy atom. The van der Waals surface area contributed by atoms with Crippen molar-refractivity contribution >= 4 is 23.3 Å². The molecular weight excluding hydrogens is 298 g/mol. The zero-order valence-corrected chi connectivity index (χ0v) is 11.7. The van der Waals surface area contributed by atoms with Crippen LogP contribution >= 0.6 is 0 Å². The number of benzene rings is 1. The molecular formula is C16H9N3O4. The third kappa shape index (κ3) is 1.98. The topological polar surface area (TPSA) is 81.0 Å². The number of nitrogens with zero attached hydrogens (tertiary/aromatic N) is 3. The third-order valence-electron chi connectivity index (χ3n) is 3.56. The van der Waals surface area contributed by atoms with Gasteiger partial charge in [0.05, 0.1) is 11.1 Å². The lowest BCUT2D eigenvalue weighted by atomic mass is 10.1. The molecule has 23 heavy (non-hydrogen) atoms. The van der Waals surface area contributed by atoms with E-state index in [2.05, 4.69) is 4.98 Å². The first kappa shape index (κ1) is 13.2. The first-order valence-electron chi connectivity index (χ1n) is 6.78. The summed E-state index contributed by atoms with van der Waals surface area (Å²) in [7, 11) is 0. The van der Waals surface area contributed by atoms with Crippen LogP contribution in [0.15, 0.2) is 55.0 Å². The largest absolute Gasteiger partial charge is 0.382 e. The number of hydroxylamine groups is 2. The molecule has 0 saturated carbocycles. The minimum absolute atomic E-state index is 0.00718. The third-order valence-corrected chi connectivity index (χ3v) is 3.56. The van der Waals surface area contributed by atoms with Crippen LogP contribution < -0.4 is 0 Å². The van der Waals surface area contributed by atoms with Crippen molar-refractivity contribution in [2.24, 2.45) is 0 Å². The molecule has 0 fully saturated rings. The second kappa shape index (κ2) is 4.77. The molecule has 2 amide bonds. The highest BCUT2D eigenvalue weighted by molar-refractivity contribution is 6.21. The molecule has 0 saturated heterocycles. The highest BCUT2D eigenvalue weighted by atomic mass is 16.7. The molecule has 0 N–H and O–H groups in total. The predicted octanol–water partition coefficient (Wildman–Crippen LogP) is 1.70. The van der Waals surface area contributed by atoms with E-state index >= 15 is 0 Å². The van der Waals surface area contributed by atoms with E-state index in [-0.39, 0.29) is 16.8 Å². The van der Waals surface area contributed by atoms with Crippen LogP contribution in [-0.2, 0) is 4.84 Å². The normalized spacial score (nSPS) is 13.5. The number of rotatable bonds is 2. The van der Waals surface area contributed by atoms with Crippen LogP contribution in [0.25, 0.3) is 5.52 Å². The monoisotopic (exact) mass is 307 g/mol. The van der Waals surface area contributed by atoms with Crippen LogP contribution in [0.1, 0.15) is 31.2 Å². The van der Waals surface area contributed by atoms with Gasteiger partial charge in [0.1, 0.15) is 6.33 Å². The Hall–Kier alpha value is -3.48. The van der Waals surface area contributed by atoms with Crippen LogP contribution in [0.2, 0.25) is 0 Å². The summed E-state index contributed by atoms with van der Waals surface area (Å²) in [6.45, 7) is 0. The van der Waals surface area contributed by atoms with E-state index in [9.17, 15) is 14.4 Å². The van der Waals surface area contributed by atoms with Crippen molar-refractivity contribution in [2.45, 2.75) is 0 Å². The molecule has 0 bridgehead atoms. The number of carbonyl (C=O) groups is 3. The van der Waals surface area contributed by atoms with E-state index in [1.807, 2.05) is 0 Å². The molecule has 4 rings (SSSR count). The quantitative estimate of drug-likeness (QED) is 0.673. The standard InChI is InChI=1S/C16H9N3O4/c20-14-11-5-1-2-6-12(11)15(21)19(14)23-16(22)13-8-10-4-3-7-18(10)9-17-13/h1-9H. The molecule has 1 aliphatic heterocycles. The average Bonchev–Trinajstić information content (AvgIpc) is 3.13. The van der Waals surface area contributed by atoms with Crippen LogP contribution in [-0.4, -0.2) is 32.2 Å². The SMILES string of the molecule is O=C(ON1C(=O)c2ccccc2C1=O)c1cc2cccn2cn1. The molecule has 112 valence electrons. The number of carbonyl (C=O) groups excluding carboxylic acids is 3. The summed E-state index contributed by atoms with van der Waals surface area (Å²) >= 11 is 0. The van der Waals surface area contributed by atoms with Gasteiger partial charge in [-0.1, -0.05) is 17.2 Å². The molecule has 3 heterocycles. The van der Waals surface area contributed by atoms with Gasteiger partial charge in [-0.25, -0.2) is 9.78 Å². The maximum atomic E-state index is 12.2. The molecule has 1 aliphatic rings. The second-order valence-corrected chi connectivity index (χ2v) is 4.94. The van der Waals surface area contributed by atoms with Crippen molar-refractivity contribution in [3.63, 3.8) is 0 Å². The van der Waals surface area contributed by atoms with E-state index in [1.165, 1.54) is 24.5 Å². The highest BCUT2D eigenvalue weighted by Crippen LogP contribution is 2.23. The first-order valence-corrected chi connectivity index (χ1v) is 6.78. The number of aromatic nitrogens is 2. The van der Waals surface area contributed by atoms with Gasteiger partial charge in [0.2, 0.25) is 0 Å². The number of hydrogen-bond acceptors (Lipinski definition) is 5. The fraction of sp³-hybridized carbons (Fsp3) is 0. The highest BCUT2D eigenvalue weighted by Gasteiger charge is 2.38. The minimum atomic E-state index is -0.872. The number of hydrogen-bond donors (Lipinski definition) is 0. The maximum Gasteiger partial charge on any atom is 0.382 e. The van der Waals surface area contributed by atoms with Crippen molar-refractivity contribution in [3.8, 4) is 0 Å². The van der Waals surface area contributed by atoms with E-state index in [0.717, 1.165) is 5.52 Å². The van der Waals surface area contributed by atoms with Gasteiger partial charge < -0.3 is 9.24 Å². The molecule has 7 heteroatoms. The van der Waals surface area contributed by atoms with Crippen molar-refractivity contribution in [1.82, 2.24) is 14.4 Å². The Labute approximate surface area is 129 Å². The summed E-state index contributed by atoms with van der Waals surface area (Å²) in [6.07, 6.45) is 3.23. The molecule has 0 atom stereocenters. The van der Waals surface area contributed by atoms with Gasteiger partial charge in [0.25, 0.3) is 11.8 Å². The molecule has 2 aromatic heterocycles. The van der Waals surface area contributed by atoms with Crippen LogP contribution in [0.4, 0.5) is 0 Å². The van der Waals surface area contributed by atoms with Gasteiger partial charge in [-0.2, -0.15) is 0 Å². The molecule has 7 nitrogen and oxygen atoms in total. The summed E-state index contributed by atoms with van der Waals surface area (Å²) in [6, 6.07) is 11.4. The first-order chi connectivity index (χ1) is 11.1. The summed E-state index contributed by atoms with van der Waals surface area (Å²) in [5.74, 6) is -2.20. The predicted molar refractivity (Wildman–Crippen MR) is 77.5 cm³/mol. The summed E-state index contributed by atoms with van der Waals surface area (Å²) in [5, 5.41) is 0.469. The van der Waals surface area contributed by atoms with Gasteiger partial charge in [-0.3, -0.25) is 9.59 Å². The molecule has 0 unspecified atom stereocenters. The van der Waals surface area contributed by atoms with Crippen molar-refractivity contribution in [1.29, 1.82) is 0 Å². The van der Waals surface area contributed by atoms with Gasteiger partial charge in [-0.15, -0.1) is 0 Å². The summed E-state index contributed by atoms with van der Waals surface area (Å²) in [5.41, 5.74) is 1.17. The smallest absolute Gasteiger partial charge is 0.323 e. The summed E-state index contributed by atoms with van der Waals surface area (Å²) < 4.78 is 1.72. The zero-order valence-electron chi connectivity index (χ0n) is 11.7. The van der Waals surface area contributed by atoms with Crippen molar-refractivity contribution in [3.05, 3.63) is 71.8 Å². The van der Waals surface area contributed by atoms with E-state index in [1.54, 1.807) is 34.9 Å². The Kier molecular flexibility index (Phi) is 2.74. The van der Waals surface area contributed by atoms with E-state index in [0.29, 0.717) is 5.06 Å². The van der Waals surface area contributed by atoms with Crippen LogP contribution in [0, 0.1) is 0 Å². The molecule has 3 aromatic rings. The minimum Gasteiger partial charge on any atom is -0.323 e. The molecule has 0 radical (unpaired) electrons. The lowest BCUT2D eigenvalue weighted by molar-refractivity contribution is -0.0588. The lowest BCUT2D eigenvalue weighted by Crippen LogP contribution is -2.33. The number of imide groups is 1. The lowest BCUT2D eigenvalue weighted by Gasteiger charge is -2.12. The summed E-state index contributed by atoms with van der Waals surface area (Å²) in [4.78, 5) is 45.4. The Morgan fingerprint density at radius 1 is 1.00 bits per heavy atom. The van der Waals surface area contributed by atoms with Gasteiger partial charge in [0, 0.05) is 11.7 Å². The fourth-order valence-corrected chi connectivity index (χ4v) is 2.43. The van der Waals surface area contributed by atoms with Gasteiger partial charge >= 0.3 is 5.97 Å². The second-order valence-electron chi connectivity index (χ2n) is 4.94. The van der Waals surface area contributed by atoms with Gasteiger partial charge in [0.15, 0.2) is 5.69 Å². The number of fused-ring (bicyclic) bond motifs is 2. The van der Waals surface area contributed by atoms with Crippen molar-refractivity contribution in [2.75, 3.05) is 0 Å². The Morgan fingerprint density at radius 2 is 1.70 bits per heavy atom.